The summed E-state index contributed by atoms with van der Waals surface area (Å²) in [5.41, 5.74) is 2.26. The third-order valence-corrected chi connectivity index (χ3v) is 1.63. The number of rotatable bonds is 2. The lowest BCUT2D eigenvalue weighted by atomic mass is 10.2. The minimum atomic E-state index is -0.944. The molecular formula is C10H11NO2. The van der Waals surface area contributed by atoms with Gasteiger partial charge in [-0.15, -0.1) is 0 Å². The van der Waals surface area contributed by atoms with Crippen LogP contribution in [-0.4, -0.2) is 16.1 Å². The van der Waals surface area contributed by atoms with Crippen LogP contribution in [0.15, 0.2) is 24.3 Å². The summed E-state index contributed by atoms with van der Waals surface area (Å²) in [6.45, 7) is 3.60. The first-order chi connectivity index (χ1) is 6.09. The lowest BCUT2D eigenvalue weighted by molar-refractivity contribution is -0.131. The maximum atomic E-state index is 10.4. The summed E-state index contributed by atoms with van der Waals surface area (Å²) >= 11 is 0. The summed E-state index contributed by atoms with van der Waals surface area (Å²) in [6, 6.07) is 5.52. The van der Waals surface area contributed by atoms with E-state index in [-0.39, 0.29) is 0 Å². The highest BCUT2D eigenvalue weighted by atomic mass is 16.4. The molecule has 0 spiro atoms. The number of carbonyl (C=O) groups is 1. The van der Waals surface area contributed by atoms with Crippen LogP contribution in [0, 0.1) is 6.92 Å². The number of allylic oxidation sites excluding steroid dienone is 1. The third kappa shape index (κ3) is 2.71. The molecule has 1 N–H and O–H groups in total. The lowest BCUT2D eigenvalue weighted by Gasteiger charge is -1.99. The van der Waals surface area contributed by atoms with E-state index >= 15 is 0 Å². The fraction of sp³-hybridized carbons (Fsp3) is 0.200. The van der Waals surface area contributed by atoms with Crippen molar-refractivity contribution in [2.24, 2.45) is 0 Å². The van der Waals surface area contributed by atoms with Gasteiger partial charge in [-0.3, -0.25) is 4.98 Å². The van der Waals surface area contributed by atoms with E-state index in [0.717, 1.165) is 11.8 Å². The number of aryl methyl sites for hydroxylation is 1. The van der Waals surface area contributed by atoms with Gasteiger partial charge in [-0.1, -0.05) is 6.07 Å². The number of hydrogen-bond donors (Lipinski definition) is 1. The van der Waals surface area contributed by atoms with Crippen LogP contribution in [0.2, 0.25) is 0 Å². The molecule has 68 valence electrons. The van der Waals surface area contributed by atoms with Gasteiger partial charge >= 0.3 is 5.97 Å². The highest BCUT2D eigenvalue weighted by Crippen LogP contribution is 2.10. The molecule has 0 atom stereocenters. The van der Waals surface area contributed by atoms with Crippen LogP contribution in [0.4, 0.5) is 0 Å². The van der Waals surface area contributed by atoms with Crippen LogP contribution < -0.4 is 0 Å². The highest BCUT2D eigenvalue weighted by Gasteiger charge is 1.99. The van der Waals surface area contributed by atoms with E-state index in [4.69, 9.17) is 5.11 Å². The van der Waals surface area contributed by atoms with Crippen LogP contribution in [-0.2, 0) is 4.79 Å². The molecule has 0 fully saturated rings. The first kappa shape index (κ1) is 9.45. The number of carboxylic acids is 1. The summed E-state index contributed by atoms with van der Waals surface area (Å²) in [5.74, 6) is -0.944. The van der Waals surface area contributed by atoms with E-state index < -0.39 is 5.97 Å². The molecule has 0 bridgehead atoms. The first-order valence-electron chi connectivity index (χ1n) is 3.95. The van der Waals surface area contributed by atoms with Gasteiger partial charge in [0.05, 0.1) is 5.69 Å². The normalized spacial score (nSPS) is 11.4. The van der Waals surface area contributed by atoms with Crippen molar-refractivity contribution in [3.05, 3.63) is 35.7 Å². The second-order valence-electron chi connectivity index (χ2n) is 2.83. The van der Waals surface area contributed by atoms with E-state index in [0.29, 0.717) is 11.3 Å². The van der Waals surface area contributed by atoms with Crippen molar-refractivity contribution >= 4 is 11.5 Å². The van der Waals surface area contributed by atoms with Crippen molar-refractivity contribution in [3.8, 4) is 0 Å². The average molecular weight is 177 g/mol. The summed E-state index contributed by atoms with van der Waals surface area (Å²) in [4.78, 5) is 14.6. The molecule has 0 radical (unpaired) electrons. The van der Waals surface area contributed by atoms with Crippen LogP contribution in [0.5, 0.6) is 0 Å². The molecule has 3 nitrogen and oxygen atoms in total. The van der Waals surface area contributed by atoms with Gasteiger partial charge in [0.1, 0.15) is 0 Å². The SMILES string of the molecule is C/C(=C\C(=O)O)c1cccc(C)n1. The molecule has 0 aliphatic carbocycles. The Balaban J connectivity index is 3.02. The van der Waals surface area contributed by atoms with Gasteiger partial charge in [0.2, 0.25) is 0 Å². The number of carboxylic acid groups (broad SMARTS) is 1. The molecule has 0 aromatic carbocycles. The Kier molecular flexibility index (Phi) is 2.80. The Bertz CT molecular complexity index is 356. The van der Waals surface area contributed by atoms with Gasteiger partial charge in [-0.2, -0.15) is 0 Å². The van der Waals surface area contributed by atoms with E-state index in [1.165, 1.54) is 0 Å². The predicted molar refractivity (Wildman–Crippen MR) is 50.3 cm³/mol. The van der Waals surface area contributed by atoms with Crippen molar-refractivity contribution in [1.29, 1.82) is 0 Å². The second kappa shape index (κ2) is 3.85. The van der Waals surface area contributed by atoms with Crippen molar-refractivity contribution in [2.45, 2.75) is 13.8 Å². The largest absolute Gasteiger partial charge is 0.478 e. The summed E-state index contributed by atoms with van der Waals surface area (Å²) < 4.78 is 0. The summed E-state index contributed by atoms with van der Waals surface area (Å²) in [5, 5.41) is 8.51. The Hall–Kier alpha value is -1.64. The Labute approximate surface area is 76.7 Å². The molecule has 0 saturated heterocycles. The second-order valence-corrected chi connectivity index (χ2v) is 2.83. The minimum Gasteiger partial charge on any atom is -0.478 e. The monoisotopic (exact) mass is 177 g/mol. The van der Waals surface area contributed by atoms with Crippen molar-refractivity contribution in [1.82, 2.24) is 4.98 Å². The zero-order chi connectivity index (χ0) is 9.84. The van der Waals surface area contributed by atoms with Crippen molar-refractivity contribution < 1.29 is 9.90 Å². The molecule has 3 heteroatoms. The zero-order valence-electron chi connectivity index (χ0n) is 7.61. The summed E-state index contributed by atoms with van der Waals surface area (Å²) in [6.07, 6.45) is 1.15. The molecule has 1 rings (SSSR count). The highest BCUT2D eigenvalue weighted by molar-refractivity contribution is 5.88. The van der Waals surface area contributed by atoms with E-state index in [1.54, 1.807) is 13.0 Å². The smallest absolute Gasteiger partial charge is 0.328 e. The average Bonchev–Trinajstić information content (AvgIpc) is 2.03. The number of aromatic nitrogens is 1. The van der Waals surface area contributed by atoms with Crippen LogP contribution in [0.1, 0.15) is 18.3 Å². The van der Waals surface area contributed by atoms with E-state index in [2.05, 4.69) is 4.98 Å². The quantitative estimate of drug-likeness (QED) is 0.701. The number of pyridine rings is 1. The molecule has 1 heterocycles. The topological polar surface area (TPSA) is 50.2 Å². The van der Waals surface area contributed by atoms with Gasteiger partial charge in [-0.05, 0) is 31.6 Å². The van der Waals surface area contributed by atoms with Crippen molar-refractivity contribution in [3.63, 3.8) is 0 Å². The van der Waals surface area contributed by atoms with Crippen LogP contribution in [0.25, 0.3) is 5.57 Å². The third-order valence-electron chi connectivity index (χ3n) is 1.63. The van der Waals surface area contributed by atoms with E-state index in [9.17, 15) is 4.79 Å². The predicted octanol–water partition coefficient (Wildman–Crippen LogP) is 1.88. The molecule has 0 amide bonds. The van der Waals surface area contributed by atoms with Crippen LogP contribution >= 0.6 is 0 Å². The molecule has 0 aliphatic rings. The number of hydrogen-bond acceptors (Lipinski definition) is 2. The molecule has 0 aliphatic heterocycles. The van der Waals surface area contributed by atoms with Gasteiger partial charge in [0.15, 0.2) is 0 Å². The van der Waals surface area contributed by atoms with Gasteiger partial charge in [0.25, 0.3) is 0 Å². The molecule has 0 saturated carbocycles. The molecule has 1 aromatic rings. The molecule has 1 aromatic heterocycles. The molecule has 13 heavy (non-hydrogen) atoms. The summed E-state index contributed by atoms with van der Waals surface area (Å²) in [7, 11) is 0. The molecular weight excluding hydrogens is 166 g/mol. The standard InChI is InChI=1S/C10H11NO2/c1-7(6-10(12)13)9-5-3-4-8(2)11-9/h3-6H,1-2H3,(H,12,13)/b7-6+. The maximum absolute atomic E-state index is 10.4. The fourth-order valence-corrected chi connectivity index (χ4v) is 1.02. The fourth-order valence-electron chi connectivity index (χ4n) is 1.02. The number of nitrogens with zero attached hydrogens (tertiary/aromatic N) is 1. The first-order valence-corrected chi connectivity index (χ1v) is 3.95. The Morgan fingerprint density at radius 1 is 1.54 bits per heavy atom. The van der Waals surface area contributed by atoms with Gasteiger partial charge in [0, 0.05) is 11.8 Å². The molecule has 0 unspecified atom stereocenters. The van der Waals surface area contributed by atoms with Gasteiger partial charge in [-0.25, -0.2) is 4.79 Å². The van der Waals surface area contributed by atoms with Crippen molar-refractivity contribution in [2.75, 3.05) is 0 Å². The van der Waals surface area contributed by atoms with Gasteiger partial charge < -0.3 is 5.11 Å². The minimum absolute atomic E-state index is 0.663. The Morgan fingerprint density at radius 2 is 2.23 bits per heavy atom. The lowest BCUT2D eigenvalue weighted by Crippen LogP contribution is -1.93. The van der Waals surface area contributed by atoms with E-state index in [1.807, 2.05) is 19.1 Å². The van der Waals surface area contributed by atoms with Crippen LogP contribution in [0.3, 0.4) is 0 Å². The zero-order valence-corrected chi connectivity index (χ0v) is 7.61. The Morgan fingerprint density at radius 3 is 2.77 bits per heavy atom. The number of aliphatic carboxylic acids is 1. The maximum Gasteiger partial charge on any atom is 0.328 e.